The fraction of sp³-hybridized carbons (Fsp3) is 0.421. The van der Waals surface area contributed by atoms with Crippen LogP contribution in [0.1, 0.15) is 38.7 Å². The first-order chi connectivity index (χ1) is 10.6. The van der Waals surface area contributed by atoms with E-state index in [1.165, 1.54) is 24.1 Å². The third-order valence-electron chi connectivity index (χ3n) is 4.69. The highest BCUT2D eigenvalue weighted by molar-refractivity contribution is 6.04. The fourth-order valence-corrected chi connectivity index (χ4v) is 3.28. The summed E-state index contributed by atoms with van der Waals surface area (Å²) in [5.74, 6) is 2.32. The average molecular weight is 295 g/mol. The third kappa shape index (κ3) is 2.94. The second kappa shape index (κ2) is 5.99. The Kier molecular flexibility index (Phi) is 4.06. The molecule has 1 aromatic carbocycles. The summed E-state index contributed by atoms with van der Waals surface area (Å²) in [5, 5.41) is 3.52. The van der Waals surface area contributed by atoms with Crippen molar-refractivity contribution in [1.82, 2.24) is 5.32 Å². The minimum Gasteiger partial charge on any atom is -0.398 e. The van der Waals surface area contributed by atoms with Crippen molar-refractivity contribution in [2.24, 2.45) is 16.8 Å². The molecule has 0 bridgehead atoms. The van der Waals surface area contributed by atoms with E-state index in [0.717, 1.165) is 29.4 Å². The van der Waals surface area contributed by atoms with Crippen molar-refractivity contribution in [1.29, 1.82) is 0 Å². The first-order valence-electron chi connectivity index (χ1n) is 8.10. The Balaban J connectivity index is 1.88. The Morgan fingerprint density at radius 2 is 2.00 bits per heavy atom. The number of para-hydroxylation sites is 1. The summed E-state index contributed by atoms with van der Waals surface area (Å²) in [6, 6.07) is 7.87. The minimum absolute atomic E-state index is 0.668. The summed E-state index contributed by atoms with van der Waals surface area (Å²) in [4.78, 5) is 4.41. The molecule has 1 atom stereocenters. The summed E-state index contributed by atoms with van der Waals surface area (Å²) in [5.41, 5.74) is 12.0. The van der Waals surface area contributed by atoms with Gasteiger partial charge in [-0.3, -0.25) is 4.99 Å². The molecule has 0 amide bonds. The van der Waals surface area contributed by atoms with E-state index in [9.17, 15) is 0 Å². The molecular formula is C19H25N3. The van der Waals surface area contributed by atoms with Gasteiger partial charge in [-0.15, -0.1) is 0 Å². The van der Waals surface area contributed by atoms with Gasteiger partial charge in [0.15, 0.2) is 0 Å². The lowest BCUT2D eigenvalue weighted by atomic mass is 9.85. The van der Waals surface area contributed by atoms with Crippen LogP contribution in [0.3, 0.4) is 0 Å². The van der Waals surface area contributed by atoms with Crippen molar-refractivity contribution >= 4 is 11.5 Å². The van der Waals surface area contributed by atoms with Crippen LogP contribution in [0.25, 0.3) is 0 Å². The number of nitrogens with two attached hydrogens (primary N) is 1. The number of nitrogen functional groups attached to an aromatic ring is 1. The van der Waals surface area contributed by atoms with Gasteiger partial charge >= 0.3 is 0 Å². The van der Waals surface area contributed by atoms with Gasteiger partial charge in [-0.05, 0) is 61.8 Å². The number of nitrogens with one attached hydrogen (secondary N) is 1. The molecule has 3 heteroatoms. The quantitative estimate of drug-likeness (QED) is 0.505. The van der Waals surface area contributed by atoms with Gasteiger partial charge in [0.25, 0.3) is 0 Å². The lowest BCUT2D eigenvalue weighted by Gasteiger charge is -2.25. The molecule has 0 saturated heterocycles. The van der Waals surface area contributed by atoms with E-state index in [-0.39, 0.29) is 0 Å². The molecule has 3 N–H and O–H groups in total. The van der Waals surface area contributed by atoms with Crippen molar-refractivity contribution < 1.29 is 0 Å². The second-order valence-electron chi connectivity index (χ2n) is 6.50. The third-order valence-corrected chi connectivity index (χ3v) is 4.69. The van der Waals surface area contributed by atoms with Crippen LogP contribution in [0.15, 0.2) is 52.2 Å². The highest BCUT2D eigenvalue weighted by Crippen LogP contribution is 2.44. The van der Waals surface area contributed by atoms with Gasteiger partial charge in [0, 0.05) is 24.0 Å². The van der Waals surface area contributed by atoms with Crippen LogP contribution in [0, 0.1) is 11.8 Å². The van der Waals surface area contributed by atoms with Gasteiger partial charge in [0.1, 0.15) is 5.84 Å². The molecule has 22 heavy (non-hydrogen) atoms. The molecule has 1 aromatic rings. The standard InChI is InChI=1S/C19H25N3/c1-12-10-13(2)18(11-16(12)14-8-9-14)22-19(21-3)15-6-4-5-7-17(15)20/h4-7,11-12,14H,8-10,20H2,1-3H3,(H,21,22). The van der Waals surface area contributed by atoms with Crippen LogP contribution in [0.4, 0.5) is 5.69 Å². The number of amidine groups is 1. The van der Waals surface area contributed by atoms with E-state index in [2.05, 4.69) is 30.2 Å². The van der Waals surface area contributed by atoms with Gasteiger partial charge < -0.3 is 11.1 Å². The molecule has 0 radical (unpaired) electrons. The lowest BCUT2D eigenvalue weighted by molar-refractivity contribution is 0.611. The zero-order valence-corrected chi connectivity index (χ0v) is 13.7. The topological polar surface area (TPSA) is 50.4 Å². The Labute approximate surface area is 133 Å². The Bertz CT molecular complexity index is 663. The SMILES string of the molecule is CN=C(NC1=C(C)CC(C)C(C2CC2)=C1)c1ccccc1N. The highest BCUT2D eigenvalue weighted by Gasteiger charge is 2.31. The number of nitrogens with zero attached hydrogens (tertiary/aromatic N) is 1. The van der Waals surface area contributed by atoms with Crippen molar-refractivity contribution in [3.05, 3.63) is 52.7 Å². The Morgan fingerprint density at radius 3 is 2.64 bits per heavy atom. The van der Waals surface area contributed by atoms with Crippen LogP contribution in [0.2, 0.25) is 0 Å². The predicted octanol–water partition coefficient (Wildman–Crippen LogP) is 3.89. The molecule has 2 aliphatic carbocycles. The smallest absolute Gasteiger partial charge is 0.134 e. The molecule has 3 nitrogen and oxygen atoms in total. The number of hydrogen-bond donors (Lipinski definition) is 2. The van der Waals surface area contributed by atoms with Crippen molar-refractivity contribution in [2.75, 3.05) is 12.8 Å². The average Bonchev–Trinajstić information content (AvgIpc) is 3.32. The number of allylic oxidation sites excluding steroid dienone is 3. The maximum absolute atomic E-state index is 6.09. The monoisotopic (exact) mass is 295 g/mol. The van der Waals surface area contributed by atoms with Gasteiger partial charge in [0.05, 0.1) is 0 Å². The van der Waals surface area contributed by atoms with Crippen LogP contribution < -0.4 is 11.1 Å². The summed E-state index contributed by atoms with van der Waals surface area (Å²) in [7, 11) is 1.81. The summed E-state index contributed by atoms with van der Waals surface area (Å²) < 4.78 is 0. The van der Waals surface area contributed by atoms with E-state index >= 15 is 0 Å². The zero-order chi connectivity index (χ0) is 15.7. The molecule has 0 heterocycles. The minimum atomic E-state index is 0.668. The van der Waals surface area contributed by atoms with E-state index < -0.39 is 0 Å². The largest absolute Gasteiger partial charge is 0.398 e. The normalized spacial score (nSPS) is 22.6. The van der Waals surface area contributed by atoms with E-state index in [0.29, 0.717) is 5.92 Å². The van der Waals surface area contributed by atoms with Crippen LogP contribution in [-0.4, -0.2) is 12.9 Å². The van der Waals surface area contributed by atoms with E-state index in [1.54, 1.807) is 5.57 Å². The molecule has 116 valence electrons. The predicted molar refractivity (Wildman–Crippen MR) is 93.7 cm³/mol. The van der Waals surface area contributed by atoms with Crippen molar-refractivity contribution in [3.8, 4) is 0 Å². The number of rotatable bonds is 3. The van der Waals surface area contributed by atoms with Gasteiger partial charge in [-0.1, -0.05) is 24.6 Å². The molecule has 0 spiro atoms. The van der Waals surface area contributed by atoms with Crippen molar-refractivity contribution in [3.63, 3.8) is 0 Å². The number of benzene rings is 1. The fourth-order valence-electron chi connectivity index (χ4n) is 3.28. The number of anilines is 1. The maximum Gasteiger partial charge on any atom is 0.134 e. The molecule has 1 saturated carbocycles. The molecule has 3 rings (SSSR count). The van der Waals surface area contributed by atoms with Gasteiger partial charge in [-0.25, -0.2) is 0 Å². The van der Waals surface area contributed by atoms with Crippen molar-refractivity contribution in [2.45, 2.75) is 33.1 Å². The lowest BCUT2D eigenvalue weighted by Crippen LogP contribution is -2.27. The maximum atomic E-state index is 6.09. The van der Waals surface area contributed by atoms with Gasteiger partial charge in [0.2, 0.25) is 0 Å². The van der Waals surface area contributed by atoms with Gasteiger partial charge in [-0.2, -0.15) is 0 Å². The highest BCUT2D eigenvalue weighted by atomic mass is 15.0. The molecule has 1 unspecified atom stereocenters. The summed E-state index contributed by atoms with van der Waals surface area (Å²) in [6.07, 6.45) is 6.18. The summed E-state index contributed by atoms with van der Waals surface area (Å²) in [6.45, 7) is 4.55. The second-order valence-corrected chi connectivity index (χ2v) is 6.50. The Morgan fingerprint density at radius 1 is 1.27 bits per heavy atom. The Hall–Kier alpha value is -2.03. The first-order valence-corrected chi connectivity index (χ1v) is 8.10. The molecule has 2 aliphatic rings. The number of hydrogen-bond acceptors (Lipinski definition) is 2. The number of aliphatic imine (C=N–C) groups is 1. The molecule has 1 fully saturated rings. The molecule has 0 aromatic heterocycles. The zero-order valence-electron chi connectivity index (χ0n) is 13.7. The van der Waals surface area contributed by atoms with Crippen LogP contribution in [-0.2, 0) is 0 Å². The van der Waals surface area contributed by atoms with E-state index in [1.807, 2.05) is 31.3 Å². The van der Waals surface area contributed by atoms with E-state index in [4.69, 9.17) is 5.73 Å². The summed E-state index contributed by atoms with van der Waals surface area (Å²) >= 11 is 0. The molecular weight excluding hydrogens is 270 g/mol. The molecule has 0 aliphatic heterocycles. The van der Waals surface area contributed by atoms with Crippen LogP contribution >= 0.6 is 0 Å². The van der Waals surface area contributed by atoms with Crippen LogP contribution in [0.5, 0.6) is 0 Å². The first kappa shape index (κ1) is 14.9.